The molecule has 1 aliphatic heterocycles. The number of ether oxygens (including phenoxy) is 2. The number of hydrogen-bond acceptors (Lipinski definition) is 7. The van der Waals surface area contributed by atoms with Crippen molar-refractivity contribution in [2.45, 2.75) is 54.8 Å². The Balaban J connectivity index is 1.68. The van der Waals surface area contributed by atoms with Crippen molar-refractivity contribution in [2.75, 3.05) is 20.3 Å². The van der Waals surface area contributed by atoms with E-state index in [9.17, 15) is 21.2 Å². The van der Waals surface area contributed by atoms with Crippen LogP contribution < -0.4 is 4.74 Å². The summed E-state index contributed by atoms with van der Waals surface area (Å²) >= 11 is 0. The van der Waals surface area contributed by atoms with Gasteiger partial charge in [0.15, 0.2) is 0 Å². The summed E-state index contributed by atoms with van der Waals surface area (Å²) in [4.78, 5) is 4.27. The van der Waals surface area contributed by atoms with Crippen molar-refractivity contribution in [1.29, 1.82) is 0 Å². The van der Waals surface area contributed by atoms with Crippen LogP contribution in [0.15, 0.2) is 64.8 Å². The highest BCUT2D eigenvalue weighted by atomic mass is 32.2. The predicted octanol–water partition coefficient (Wildman–Crippen LogP) is 3.39. The van der Waals surface area contributed by atoms with E-state index in [1.165, 1.54) is 52.5 Å². The van der Waals surface area contributed by atoms with Gasteiger partial charge in [-0.2, -0.15) is 4.31 Å². The summed E-state index contributed by atoms with van der Waals surface area (Å²) in [5.74, 6) is -0.656. The lowest BCUT2D eigenvalue weighted by molar-refractivity contribution is 0.0937. The predicted molar refractivity (Wildman–Crippen MR) is 135 cm³/mol. The first-order valence-electron chi connectivity index (χ1n) is 11.9. The summed E-state index contributed by atoms with van der Waals surface area (Å²) in [5, 5.41) is -0.237. The third-order valence-corrected chi connectivity index (χ3v) is 9.79. The largest absolute Gasteiger partial charge is 0.497 e. The Morgan fingerprint density at radius 1 is 1.14 bits per heavy atom. The molecule has 200 valence electrons. The van der Waals surface area contributed by atoms with Gasteiger partial charge in [-0.25, -0.2) is 26.2 Å². The molecule has 1 atom stereocenters. The van der Waals surface area contributed by atoms with Gasteiger partial charge in [-0.15, -0.1) is 0 Å². The molecule has 0 aliphatic carbocycles. The van der Waals surface area contributed by atoms with Crippen LogP contribution in [0.25, 0.3) is 0 Å². The van der Waals surface area contributed by atoms with Crippen LogP contribution in [0.4, 0.5) is 4.39 Å². The van der Waals surface area contributed by atoms with E-state index in [1.54, 1.807) is 25.1 Å². The number of sulfone groups is 1. The lowest BCUT2D eigenvalue weighted by Crippen LogP contribution is -2.32. The molecule has 37 heavy (non-hydrogen) atoms. The number of methoxy groups -OCH3 is 1. The molecule has 1 unspecified atom stereocenters. The number of benzene rings is 2. The van der Waals surface area contributed by atoms with Crippen LogP contribution in [0.1, 0.15) is 31.0 Å². The van der Waals surface area contributed by atoms with Gasteiger partial charge in [0.2, 0.25) is 25.0 Å². The molecular weight excluding hydrogens is 521 g/mol. The molecule has 1 aromatic heterocycles. The first-order chi connectivity index (χ1) is 17.7. The van der Waals surface area contributed by atoms with E-state index in [0.717, 1.165) is 12.8 Å². The molecule has 3 aromatic rings. The second-order valence-corrected chi connectivity index (χ2v) is 12.6. The number of halogens is 1. The second-order valence-electron chi connectivity index (χ2n) is 8.73. The van der Waals surface area contributed by atoms with Gasteiger partial charge in [-0.1, -0.05) is 25.1 Å². The van der Waals surface area contributed by atoms with Gasteiger partial charge in [0, 0.05) is 18.7 Å². The molecule has 1 saturated heterocycles. The molecule has 1 fully saturated rings. The maximum atomic E-state index is 14.2. The van der Waals surface area contributed by atoms with E-state index in [2.05, 4.69) is 4.98 Å². The minimum atomic E-state index is -4.05. The fourth-order valence-electron chi connectivity index (χ4n) is 4.28. The van der Waals surface area contributed by atoms with Gasteiger partial charge in [-0.05, 0) is 43.2 Å². The van der Waals surface area contributed by atoms with Crippen LogP contribution in [0.3, 0.4) is 0 Å². The smallest absolute Gasteiger partial charge is 0.243 e. The standard InChI is InChI=1S/C25H30FN3O6S2/c1-3-28(37(32,33)23-12-10-21(34-2)11-13-23)16-20-15-27-25(29(20)17-22-8-6-14-35-22)36(30,31)18-19-7-4-5-9-24(19)26/h4-5,7,9-13,15,22H,3,6,8,14,16-18H2,1-2H3. The maximum absolute atomic E-state index is 14.2. The monoisotopic (exact) mass is 551 g/mol. The number of aromatic nitrogens is 2. The molecule has 1 aliphatic rings. The van der Waals surface area contributed by atoms with Gasteiger partial charge in [0.05, 0.1) is 48.8 Å². The van der Waals surface area contributed by atoms with Crippen molar-refractivity contribution in [3.8, 4) is 5.75 Å². The highest BCUT2D eigenvalue weighted by Crippen LogP contribution is 2.25. The Morgan fingerprint density at radius 3 is 2.49 bits per heavy atom. The second kappa shape index (κ2) is 11.3. The average Bonchev–Trinajstić information content (AvgIpc) is 3.54. The fraction of sp³-hybridized carbons (Fsp3) is 0.400. The van der Waals surface area contributed by atoms with E-state index < -0.39 is 31.4 Å². The van der Waals surface area contributed by atoms with Gasteiger partial charge in [0.25, 0.3) is 0 Å². The average molecular weight is 552 g/mol. The van der Waals surface area contributed by atoms with Crippen molar-refractivity contribution < 1.29 is 30.7 Å². The van der Waals surface area contributed by atoms with Gasteiger partial charge >= 0.3 is 0 Å². The molecule has 12 heteroatoms. The summed E-state index contributed by atoms with van der Waals surface area (Å²) in [6.07, 6.45) is 2.73. The summed E-state index contributed by atoms with van der Waals surface area (Å²) in [7, 11) is -6.45. The van der Waals surface area contributed by atoms with Crippen LogP contribution in [-0.2, 0) is 43.4 Å². The third-order valence-electron chi connectivity index (χ3n) is 6.28. The van der Waals surface area contributed by atoms with Crippen LogP contribution >= 0.6 is 0 Å². The summed E-state index contributed by atoms with van der Waals surface area (Å²) in [5.41, 5.74) is 0.439. The quantitative estimate of drug-likeness (QED) is 0.359. The Labute approximate surface area is 216 Å². The fourth-order valence-corrected chi connectivity index (χ4v) is 7.22. The highest BCUT2D eigenvalue weighted by molar-refractivity contribution is 7.90. The lowest BCUT2D eigenvalue weighted by Gasteiger charge is -2.22. The minimum absolute atomic E-state index is 0.0352. The molecule has 0 spiro atoms. The molecule has 9 nitrogen and oxygen atoms in total. The minimum Gasteiger partial charge on any atom is -0.497 e. The molecule has 0 amide bonds. The molecular formula is C25H30FN3O6S2. The van der Waals surface area contributed by atoms with Crippen molar-refractivity contribution in [3.05, 3.63) is 71.8 Å². The Kier molecular flexibility index (Phi) is 8.32. The molecule has 2 heterocycles. The van der Waals surface area contributed by atoms with E-state index in [1.807, 2.05) is 0 Å². The number of imidazole rings is 1. The SMILES string of the molecule is CCN(Cc1cnc(S(=O)(=O)Cc2ccccc2F)n1CC1CCCO1)S(=O)(=O)c1ccc(OC)cc1. The van der Waals surface area contributed by atoms with Crippen molar-refractivity contribution in [1.82, 2.24) is 13.9 Å². The molecule has 0 N–H and O–H groups in total. The molecule has 2 aromatic carbocycles. The summed E-state index contributed by atoms with van der Waals surface area (Å²) in [6, 6.07) is 11.7. The normalized spacial score (nSPS) is 16.4. The zero-order valence-electron chi connectivity index (χ0n) is 20.7. The topological polar surface area (TPSA) is 108 Å². The van der Waals surface area contributed by atoms with Gasteiger partial charge < -0.3 is 14.0 Å². The van der Waals surface area contributed by atoms with E-state index >= 15 is 0 Å². The van der Waals surface area contributed by atoms with Crippen LogP contribution in [0.5, 0.6) is 5.75 Å². The first-order valence-corrected chi connectivity index (χ1v) is 15.0. The van der Waals surface area contributed by atoms with Crippen molar-refractivity contribution in [3.63, 3.8) is 0 Å². The Hall–Kier alpha value is -2.80. The number of rotatable bonds is 11. The summed E-state index contributed by atoms with van der Waals surface area (Å²) in [6.45, 7) is 2.52. The summed E-state index contributed by atoms with van der Waals surface area (Å²) < 4.78 is 81.3. The lowest BCUT2D eigenvalue weighted by atomic mass is 10.2. The maximum Gasteiger partial charge on any atom is 0.243 e. The molecule has 0 radical (unpaired) electrons. The van der Waals surface area contributed by atoms with Gasteiger partial charge in [0.1, 0.15) is 11.6 Å². The van der Waals surface area contributed by atoms with Crippen LogP contribution in [0, 0.1) is 5.82 Å². The van der Waals surface area contributed by atoms with E-state index in [4.69, 9.17) is 9.47 Å². The zero-order chi connectivity index (χ0) is 26.6. The number of sulfonamides is 1. The molecule has 4 rings (SSSR count). The number of hydrogen-bond donors (Lipinski definition) is 0. The number of nitrogens with zero attached hydrogens (tertiary/aromatic N) is 3. The van der Waals surface area contributed by atoms with Crippen LogP contribution in [0.2, 0.25) is 0 Å². The Morgan fingerprint density at radius 2 is 1.86 bits per heavy atom. The first kappa shape index (κ1) is 27.2. The molecule has 0 saturated carbocycles. The molecule has 0 bridgehead atoms. The third kappa shape index (κ3) is 6.03. The highest BCUT2D eigenvalue weighted by Gasteiger charge is 2.30. The van der Waals surface area contributed by atoms with Crippen molar-refractivity contribution >= 4 is 19.9 Å². The zero-order valence-corrected chi connectivity index (χ0v) is 22.3. The van der Waals surface area contributed by atoms with Gasteiger partial charge in [-0.3, -0.25) is 0 Å². The van der Waals surface area contributed by atoms with Crippen LogP contribution in [-0.4, -0.2) is 57.1 Å². The van der Waals surface area contributed by atoms with E-state index in [0.29, 0.717) is 18.1 Å². The van der Waals surface area contributed by atoms with E-state index in [-0.39, 0.29) is 41.4 Å². The Bertz CT molecular complexity index is 1430. The van der Waals surface area contributed by atoms with Crippen molar-refractivity contribution in [2.24, 2.45) is 0 Å².